The molecule has 0 bridgehead atoms. The molecule has 2 heterocycles. The fraction of sp³-hybridized carbons (Fsp3) is 0.458. The molecule has 0 unspecified atom stereocenters. The van der Waals surface area contributed by atoms with Crippen molar-refractivity contribution >= 4 is 27.5 Å². The van der Waals surface area contributed by atoms with E-state index in [4.69, 9.17) is 4.74 Å². The van der Waals surface area contributed by atoms with Crippen molar-refractivity contribution in [3.05, 3.63) is 58.6 Å². The topological polar surface area (TPSA) is 36.0 Å². The molecular weight excluding hydrogens is 442 g/mol. The highest BCUT2D eigenvalue weighted by Crippen LogP contribution is 2.29. The summed E-state index contributed by atoms with van der Waals surface area (Å²) in [4.78, 5) is 19.9. The van der Waals surface area contributed by atoms with E-state index < -0.39 is 0 Å². The van der Waals surface area contributed by atoms with E-state index in [1.807, 2.05) is 18.2 Å². The Morgan fingerprint density at radius 3 is 2.30 bits per heavy atom. The number of ether oxygens (including phenoxy) is 1. The highest BCUT2D eigenvalue weighted by molar-refractivity contribution is 9.10. The first kappa shape index (κ1) is 21.2. The molecule has 0 atom stereocenters. The zero-order valence-electron chi connectivity index (χ0n) is 17.6. The Kier molecular flexibility index (Phi) is 6.95. The molecule has 0 N–H and O–H groups in total. The van der Waals surface area contributed by atoms with Gasteiger partial charge in [-0.05, 0) is 55.8 Å². The van der Waals surface area contributed by atoms with Crippen LogP contribution in [0.15, 0.2) is 53.0 Å². The second-order valence-corrected chi connectivity index (χ2v) is 9.08. The summed E-state index contributed by atoms with van der Waals surface area (Å²) in [6.45, 7) is 6.24. The summed E-state index contributed by atoms with van der Waals surface area (Å²) in [5.41, 5.74) is 2.45. The maximum absolute atomic E-state index is 13.1. The van der Waals surface area contributed by atoms with E-state index in [0.717, 1.165) is 74.6 Å². The molecule has 2 saturated heterocycles. The second kappa shape index (κ2) is 9.84. The summed E-state index contributed by atoms with van der Waals surface area (Å²) in [5, 5.41) is 0. The van der Waals surface area contributed by atoms with Gasteiger partial charge < -0.3 is 14.5 Å². The van der Waals surface area contributed by atoms with Crippen molar-refractivity contribution in [3.63, 3.8) is 0 Å². The number of carbonyl (C=O) groups is 1. The lowest BCUT2D eigenvalue weighted by Gasteiger charge is -2.39. The smallest absolute Gasteiger partial charge is 0.225 e. The number of piperidine rings is 1. The molecule has 0 aromatic heterocycles. The predicted molar refractivity (Wildman–Crippen MR) is 124 cm³/mol. The molecule has 5 nitrogen and oxygen atoms in total. The van der Waals surface area contributed by atoms with Gasteiger partial charge in [0.05, 0.1) is 12.8 Å². The number of benzene rings is 2. The van der Waals surface area contributed by atoms with Crippen molar-refractivity contribution in [2.45, 2.75) is 19.4 Å². The maximum atomic E-state index is 13.1. The highest BCUT2D eigenvalue weighted by atomic mass is 79.9. The number of anilines is 1. The van der Waals surface area contributed by atoms with Gasteiger partial charge in [-0.3, -0.25) is 9.69 Å². The van der Waals surface area contributed by atoms with Crippen LogP contribution in [-0.2, 0) is 11.3 Å². The Labute approximate surface area is 187 Å². The van der Waals surface area contributed by atoms with Gasteiger partial charge in [0.2, 0.25) is 5.91 Å². The molecule has 0 spiro atoms. The molecule has 1 amide bonds. The lowest BCUT2D eigenvalue weighted by molar-refractivity contribution is -0.137. The normalized spacial score (nSPS) is 18.5. The monoisotopic (exact) mass is 471 g/mol. The van der Waals surface area contributed by atoms with E-state index in [9.17, 15) is 4.79 Å². The molecule has 2 aromatic rings. The van der Waals surface area contributed by atoms with Crippen LogP contribution in [0.25, 0.3) is 0 Å². The Bertz CT molecular complexity index is 842. The van der Waals surface area contributed by atoms with Gasteiger partial charge in [0, 0.05) is 43.1 Å². The van der Waals surface area contributed by atoms with E-state index >= 15 is 0 Å². The third-order valence-electron chi connectivity index (χ3n) is 6.27. The van der Waals surface area contributed by atoms with Gasteiger partial charge in [0.15, 0.2) is 0 Å². The third-order valence-corrected chi connectivity index (χ3v) is 6.80. The third kappa shape index (κ3) is 4.98. The van der Waals surface area contributed by atoms with Crippen LogP contribution in [0.1, 0.15) is 18.4 Å². The van der Waals surface area contributed by atoms with Crippen LogP contribution >= 0.6 is 15.9 Å². The number of halogens is 1. The van der Waals surface area contributed by atoms with E-state index in [1.54, 1.807) is 7.11 Å². The zero-order valence-corrected chi connectivity index (χ0v) is 19.2. The van der Waals surface area contributed by atoms with Gasteiger partial charge in [-0.1, -0.05) is 40.2 Å². The fourth-order valence-corrected chi connectivity index (χ4v) is 4.77. The minimum absolute atomic E-state index is 0.170. The molecule has 30 heavy (non-hydrogen) atoms. The lowest BCUT2D eigenvalue weighted by atomic mass is 9.94. The zero-order chi connectivity index (χ0) is 20.9. The van der Waals surface area contributed by atoms with Crippen molar-refractivity contribution in [1.29, 1.82) is 0 Å². The molecule has 2 aromatic carbocycles. The number of hydrogen-bond acceptors (Lipinski definition) is 4. The Hall–Kier alpha value is -2.05. The Morgan fingerprint density at radius 2 is 1.63 bits per heavy atom. The van der Waals surface area contributed by atoms with Crippen LogP contribution in [0.2, 0.25) is 0 Å². The summed E-state index contributed by atoms with van der Waals surface area (Å²) in [7, 11) is 1.71. The van der Waals surface area contributed by atoms with Crippen molar-refractivity contribution in [1.82, 2.24) is 9.80 Å². The summed E-state index contributed by atoms with van der Waals surface area (Å²) in [5.74, 6) is 1.41. The SMILES string of the molecule is COc1ccccc1N1CCN(C(=O)C2CCN(Cc3ccc(Br)cc3)CC2)CC1. The van der Waals surface area contributed by atoms with Crippen LogP contribution < -0.4 is 9.64 Å². The van der Waals surface area contributed by atoms with Gasteiger partial charge in [-0.25, -0.2) is 0 Å². The average molecular weight is 472 g/mol. The molecule has 2 aliphatic heterocycles. The molecule has 4 rings (SSSR count). The first-order chi connectivity index (χ1) is 14.6. The van der Waals surface area contributed by atoms with Crippen molar-refractivity contribution < 1.29 is 9.53 Å². The van der Waals surface area contributed by atoms with Gasteiger partial charge in [-0.15, -0.1) is 0 Å². The van der Waals surface area contributed by atoms with E-state index in [1.165, 1.54) is 5.56 Å². The molecule has 2 aliphatic rings. The summed E-state index contributed by atoms with van der Waals surface area (Å²) < 4.78 is 6.61. The number of nitrogens with zero attached hydrogens (tertiary/aromatic N) is 3. The first-order valence-electron chi connectivity index (χ1n) is 10.8. The lowest BCUT2D eigenvalue weighted by Crippen LogP contribution is -2.51. The molecule has 0 aliphatic carbocycles. The molecule has 0 radical (unpaired) electrons. The van der Waals surface area contributed by atoms with Gasteiger partial charge in [0.25, 0.3) is 0 Å². The molecular formula is C24H30BrN3O2. The number of carbonyl (C=O) groups excluding carboxylic acids is 1. The summed E-state index contributed by atoms with van der Waals surface area (Å²) in [6, 6.07) is 16.6. The average Bonchev–Trinajstić information content (AvgIpc) is 2.81. The quantitative estimate of drug-likeness (QED) is 0.659. The van der Waals surface area contributed by atoms with Crippen LogP contribution in [0.5, 0.6) is 5.75 Å². The predicted octanol–water partition coefficient (Wildman–Crippen LogP) is 4.02. The first-order valence-corrected chi connectivity index (χ1v) is 11.6. The number of rotatable bonds is 5. The van der Waals surface area contributed by atoms with E-state index in [-0.39, 0.29) is 5.92 Å². The second-order valence-electron chi connectivity index (χ2n) is 8.16. The van der Waals surface area contributed by atoms with Crippen LogP contribution in [-0.4, -0.2) is 62.1 Å². The maximum Gasteiger partial charge on any atom is 0.225 e. The van der Waals surface area contributed by atoms with Gasteiger partial charge in [-0.2, -0.15) is 0 Å². The molecule has 0 saturated carbocycles. The summed E-state index contributed by atoms with van der Waals surface area (Å²) >= 11 is 3.49. The van der Waals surface area contributed by atoms with Gasteiger partial charge >= 0.3 is 0 Å². The number of likely N-dealkylation sites (tertiary alicyclic amines) is 1. The molecule has 160 valence electrons. The van der Waals surface area contributed by atoms with E-state index in [2.05, 4.69) is 61.0 Å². The van der Waals surface area contributed by atoms with Gasteiger partial charge in [0.1, 0.15) is 5.75 Å². The standard InChI is InChI=1S/C24H30BrN3O2/c1-30-23-5-3-2-4-22(23)27-14-16-28(17-15-27)24(29)20-10-12-26(13-11-20)18-19-6-8-21(25)9-7-19/h2-9,20H,10-18H2,1H3. The Morgan fingerprint density at radius 1 is 0.967 bits per heavy atom. The van der Waals surface area contributed by atoms with Crippen LogP contribution in [0.4, 0.5) is 5.69 Å². The minimum atomic E-state index is 0.170. The van der Waals surface area contributed by atoms with Crippen molar-refractivity contribution in [2.24, 2.45) is 5.92 Å². The molecule has 6 heteroatoms. The van der Waals surface area contributed by atoms with Crippen LogP contribution in [0, 0.1) is 5.92 Å². The number of hydrogen-bond donors (Lipinski definition) is 0. The molecule has 2 fully saturated rings. The Balaban J connectivity index is 1.25. The van der Waals surface area contributed by atoms with Crippen LogP contribution in [0.3, 0.4) is 0 Å². The number of para-hydroxylation sites is 2. The van der Waals surface area contributed by atoms with Crippen molar-refractivity contribution in [2.75, 3.05) is 51.3 Å². The number of piperazine rings is 1. The summed E-state index contributed by atoms with van der Waals surface area (Å²) in [6.07, 6.45) is 1.92. The largest absolute Gasteiger partial charge is 0.495 e. The number of amides is 1. The van der Waals surface area contributed by atoms with Crippen molar-refractivity contribution in [3.8, 4) is 5.75 Å². The minimum Gasteiger partial charge on any atom is -0.495 e. The number of methoxy groups -OCH3 is 1. The fourth-order valence-electron chi connectivity index (χ4n) is 4.50. The van der Waals surface area contributed by atoms with E-state index in [0.29, 0.717) is 5.91 Å². The highest BCUT2D eigenvalue weighted by Gasteiger charge is 2.30.